The predicted molar refractivity (Wildman–Crippen MR) is 83.2 cm³/mol. The Morgan fingerprint density at radius 1 is 1.05 bits per heavy atom. The van der Waals surface area contributed by atoms with Crippen molar-refractivity contribution in [1.29, 1.82) is 0 Å². The van der Waals surface area contributed by atoms with Crippen LogP contribution < -0.4 is 10.6 Å². The molecule has 0 spiro atoms. The topological polar surface area (TPSA) is 41.1 Å². The number of nitrogens with one attached hydrogen (secondary N) is 2. The summed E-state index contributed by atoms with van der Waals surface area (Å²) in [5.74, 6) is -0.107. The summed E-state index contributed by atoms with van der Waals surface area (Å²) < 4.78 is 0. The van der Waals surface area contributed by atoms with E-state index in [0.29, 0.717) is 22.3 Å². The van der Waals surface area contributed by atoms with Gasteiger partial charge >= 0.3 is 0 Å². The van der Waals surface area contributed by atoms with E-state index in [2.05, 4.69) is 10.6 Å². The van der Waals surface area contributed by atoms with Crippen LogP contribution in [0.5, 0.6) is 0 Å². The minimum absolute atomic E-state index is 0.107. The average Bonchev–Trinajstić information content (AvgIpc) is 2.47. The lowest BCUT2D eigenvalue weighted by atomic mass is 10.2. The van der Waals surface area contributed by atoms with Crippen LogP contribution in [-0.2, 0) is 11.3 Å². The second-order valence-corrected chi connectivity index (χ2v) is 5.08. The summed E-state index contributed by atoms with van der Waals surface area (Å²) in [6.07, 6.45) is 0. The molecular weight excluding hydrogens is 295 g/mol. The lowest BCUT2D eigenvalue weighted by Gasteiger charge is -2.09. The number of benzene rings is 2. The molecule has 0 atom stereocenters. The second kappa shape index (κ2) is 7.17. The van der Waals surface area contributed by atoms with Crippen molar-refractivity contribution < 1.29 is 4.79 Å². The molecule has 5 heteroatoms. The first-order chi connectivity index (χ1) is 9.65. The molecule has 2 N–H and O–H groups in total. The first kappa shape index (κ1) is 14.7. The maximum absolute atomic E-state index is 11.7. The fourth-order valence-electron chi connectivity index (χ4n) is 1.67. The Morgan fingerprint density at radius 2 is 1.80 bits per heavy atom. The molecule has 0 aromatic heterocycles. The largest absolute Gasteiger partial charge is 0.375 e. The van der Waals surface area contributed by atoms with Gasteiger partial charge in [-0.25, -0.2) is 0 Å². The van der Waals surface area contributed by atoms with Gasteiger partial charge in [0.1, 0.15) is 0 Å². The molecular formula is C15H14Cl2N2O. The van der Waals surface area contributed by atoms with Gasteiger partial charge in [-0.3, -0.25) is 4.79 Å². The highest BCUT2D eigenvalue weighted by Crippen LogP contribution is 2.24. The predicted octanol–water partition coefficient (Wildman–Crippen LogP) is 3.72. The third-order valence-electron chi connectivity index (χ3n) is 2.70. The number of amides is 1. The maximum atomic E-state index is 11.7. The first-order valence-corrected chi connectivity index (χ1v) is 6.90. The van der Waals surface area contributed by atoms with Crippen LogP contribution in [0.3, 0.4) is 0 Å². The Kier molecular flexibility index (Phi) is 5.27. The number of rotatable bonds is 5. The molecule has 0 saturated heterocycles. The summed E-state index contributed by atoms with van der Waals surface area (Å²) in [5.41, 5.74) is 1.70. The molecule has 20 heavy (non-hydrogen) atoms. The van der Waals surface area contributed by atoms with Crippen molar-refractivity contribution in [3.63, 3.8) is 0 Å². The van der Waals surface area contributed by atoms with Crippen molar-refractivity contribution in [3.05, 3.63) is 64.1 Å². The fraction of sp³-hybridized carbons (Fsp3) is 0.133. The van der Waals surface area contributed by atoms with Gasteiger partial charge < -0.3 is 10.6 Å². The molecule has 2 aromatic rings. The molecule has 104 valence electrons. The number of carbonyl (C=O) groups is 1. The summed E-state index contributed by atoms with van der Waals surface area (Å²) in [4.78, 5) is 11.7. The maximum Gasteiger partial charge on any atom is 0.239 e. The summed E-state index contributed by atoms with van der Waals surface area (Å²) in [6, 6.07) is 14.8. The number of hydrogen-bond acceptors (Lipinski definition) is 2. The molecule has 2 rings (SSSR count). The van der Waals surface area contributed by atoms with Crippen molar-refractivity contribution in [1.82, 2.24) is 5.32 Å². The molecule has 0 unspecified atom stereocenters. The summed E-state index contributed by atoms with van der Waals surface area (Å²) in [5, 5.41) is 6.89. The lowest BCUT2D eigenvalue weighted by molar-refractivity contribution is -0.119. The molecule has 0 fully saturated rings. The monoisotopic (exact) mass is 308 g/mol. The fourth-order valence-corrected chi connectivity index (χ4v) is 2.02. The third-order valence-corrected chi connectivity index (χ3v) is 3.26. The van der Waals surface area contributed by atoms with Crippen molar-refractivity contribution in [3.8, 4) is 0 Å². The number of hydrogen-bond donors (Lipinski definition) is 2. The van der Waals surface area contributed by atoms with E-state index in [9.17, 15) is 4.79 Å². The third kappa shape index (κ3) is 4.44. The van der Waals surface area contributed by atoms with Crippen molar-refractivity contribution in [2.75, 3.05) is 11.9 Å². The Balaban J connectivity index is 1.82. The van der Waals surface area contributed by atoms with E-state index in [1.54, 1.807) is 18.2 Å². The molecule has 0 aliphatic heterocycles. The van der Waals surface area contributed by atoms with Gasteiger partial charge in [-0.2, -0.15) is 0 Å². The van der Waals surface area contributed by atoms with Gasteiger partial charge in [0.2, 0.25) is 5.91 Å². The van der Waals surface area contributed by atoms with Gasteiger partial charge in [-0.1, -0.05) is 53.5 Å². The molecule has 2 aromatic carbocycles. The van der Waals surface area contributed by atoms with E-state index < -0.39 is 0 Å². The van der Waals surface area contributed by atoms with Crippen LogP contribution in [0.4, 0.5) is 5.69 Å². The normalized spacial score (nSPS) is 10.1. The van der Waals surface area contributed by atoms with Gasteiger partial charge in [0.15, 0.2) is 0 Å². The van der Waals surface area contributed by atoms with Gasteiger partial charge in [0.25, 0.3) is 0 Å². The molecule has 0 saturated carbocycles. The van der Waals surface area contributed by atoms with Gasteiger partial charge in [-0.15, -0.1) is 0 Å². The highest BCUT2D eigenvalue weighted by molar-refractivity contribution is 6.35. The Morgan fingerprint density at radius 3 is 2.55 bits per heavy atom. The zero-order chi connectivity index (χ0) is 14.4. The number of carbonyl (C=O) groups excluding carboxylic acids is 1. The second-order valence-electron chi connectivity index (χ2n) is 4.24. The van der Waals surface area contributed by atoms with E-state index in [0.717, 1.165) is 5.56 Å². The van der Waals surface area contributed by atoms with Crippen LogP contribution in [0.2, 0.25) is 10.0 Å². The van der Waals surface area contributed by atoms with Crippen molar-refractivity contribution in [2.24, 2.45) is 0 Å². The Labute approximate surface area is 127 Å². The lowest BCUT2D eigenvalue weighted by Crippen LogP contribution is -2.29. The SMILES string of the molecule is O=C(CNc1cc(Cl)ccc1Cl)NCc1ccccc1. The zero-order valence-corrected chi connectivity index (χ0v) is 12.2. The molecule has 0 heterocycles. The summed E-state index contributed by atoms with van der Waals surface area (Å²) >= 11 is 11.9. The van der Waals surface area contributed by atoms with Crippen LogP contribution in [0.1, 0.15) is 5.56 Å². The van der Waals surface area contributed by atoms with Crippen LogP contribution in [0, 0.1) is 0 Å². The number of anilines is 1. The van der Waals surface area contributed by atoms with E-state index in [-0.39, 0.29) is 12.5 Å². The summed E-state index contributed by atoms with van der Waals surface area (Å²) in [7, 11) is 0. The Bertz CT molecular complexity index is 588. The van der Waals surface area contributed by atoms with Gasteiger partial charge in [-0.05, 0) is 23.8 Å². The van der Waals surface area contributed by atoms with Gasteiger partial charge in [0, 0.05) is 11.6 Å². The van der Waals surface area contributed by atoms with Crippen molar-refractivity contribution in [2.45, 2.75) is 6.54 Å². The zero-order valence-electron chi connectivity index (χ0n) is 10.7. The van der Waals surface area contributed by atoms with Crippen LogP contribution in [0.25, 0.3) is 0 Å². The minimum Gasteiger partial charge on any atom is -0.375 e. The number of halogens is 2. The standard InChI is InChI=1S/C15H14Cl2N2O/c16-12-6-7-13(17)14(8-12)18-10-15(20)19-9-11-4-2-1-3-5-11/h1-8,18H,9-10H2,(H,19,20). The average molecular weight is 309 g/mol. The molecule has 1 amide bonds. The summed E-state index contributed by atoms with van der Waals surface area (Å²) in [6.45, 7) is 0.650. The first-order valence-electron chi connectivity index (χ1n) is 6.15. The Hall–Kier alpha value is -1.71. The van der Waals surface area contributed by atoms with Gasteiger partial charge in [0.05, 0.1) is 17.3 Å². The van der Waals surface area contributed by atoms with Crippen LogP contribution >= 0.6 is 23.2 Å². The molecule has 0 radical (unpaired) electrons. The van der Waals surface area contributed by atoms with E-state index in [1.165, 1.54) is 0 Å². The van der Waals surface area contributed by atoms with E-state index in [4.69, 9.17) is 23.2 Å². The van der Waals surface area contributed by atoms with E-state index >= 15 is 0 Å². The molecule has 0 bridgehead atoms. The minimum atomic E-state index is -0.107. The molecule has 3 nitrogen and oxygen atoms in total. The molecule has 0 aliphatic rings. The molecule has 0 aliphatic carbocycles. The van der Waals surface area contributed by atoms with Crippen LogP contribution in [0.15, 0.2) is 48.5 Å². The highest BCUT2D eigenvalue weighted by atomic mass is 35.5. The van der Waals surface area contributed by atoms with Crippen molar-refractivity contribution >= 4 is 34.8 Å². The van der Waals surface area contributed by atoms with E-state index in [1.807, 2.05) is 30.3 Å². The smallest absolute Gasteiger partial charge is 0.239 e. The highest BCUT2D eigenvalue weighted by Gasteiger charge is 2.04. The van der Waals surface area contributed by atoms with Crippen LogP contribution in [-0.4, -0.2) is 12.5 Å². The quantitative estimate of drug-likeness (QED) is 0.884.